The van der Waals surface area contributed by atoms with Gasteiger partial charge in [-0.3, -0.25) is 9.59 Å². The van der Waals surface area contributed by atoms with Gasteiger partial charge in [0.15, 0.2) is 0 Å². The van der Waals surface area contributed by atoms with E-state index in [1.807, 2.05) is 48.5 Å². The fourth-order valence-corrected chi connectivity index (χ4v) is 4.28. The van der Waals surface area contributed by atoms with Crippen molar-refractivity contribution >= 4 is 23.7 Å². The Morgan fingerprint density at radius 1 is 0.886 bits per heavy atom. The molecule has 0 spiro atoms. The molecule has 0 fully saturated rings. The summed E-state index contributed by atoms with van der Waals surface area (Å²) in [4.78, 5) is 36.6. The van der Waals surface area contributed by atoms with Crippen LogP contribution in [0.2, 0.25) is 0 Å². The standard InChI is InChI=1S/C27H26N2O6/c30-14-13-17-9-11-18(12-10-17)28-26(33)24(15-25(31)32)29-27(34)35-16-23-21-7-3-1-5-19(21)20-6-2-4-8-22(20)23/h1-12,23-24,30H,13-16H2,(H,28,33)(H,29,34)(H,31,32). The first-order chi connectivity index (χ1) is 17.0. The van der Waals surface area contributed by atoms with Crippen LogP contribution < -0.4 is 10.6 Å². The second kappa shape index (κ2) is 10.8. The van der Waals surface area contributed by atoms with E-state index >= 15 is 0 Å². The summed E-state index contributed by atoms with van der Waals surface area (Å²) in [6.07, 6.45) is -0.982. The van der Waals surface area contributed by atoms with Crippen LogP contribution in [-0.2, 0) is 20.7 Å². The fraction of sp³-hybridized carbons (Fsp3) is 0.222. The van der Waals surface area contributed by atoms with Crippen LogP contribution in [0.25, 0.3) is 11.1 Å². The lowest BCUT2D eigenvalue weighted by atomic mass is 9.98. The van der Waals surface area contributed by atoms with Crippen molar-refractivity contribution in [3.8, 4) is 11.1 Å². The number of hydrogen-bond acceptors (Lipinski definition) is 5. The average Bonchev–Trinajstić information content (AvgIpc) is 3.17. The molecule has 0 heterocycles. The summed E-state index contributed by atoms with van der Waals surface area (Å²) in [5.41, 5.74) is 5.61. The van der Waals surface area contributed by atoms with Gasteiger partial charge in [-0.15, -0.1) is 0 Å². The maximum atomic E-state index is 12.7. The van der Waals surface area contributed by atoms with Crippen molar-refractivity contribution in [1.82, 2.24) is 5.32 Å². The molecule has 3 aromatic carbocycles. The first-order valence-electron chi connectivity index (χ1n) is 11.3. The highest BCUT2D eigenvalue weighted by molar-refractivity contribution is 5.98. The SMILES string of the molecule is O=C(O)CC(NC(=O)OCC1c2ccccc2-c2ccccc21)C(=O)Nc1ccc(CCO)cc1. The van der Waals surface area contributed by atoms with Crippen LogP contribution in [0.1, 0.15) is 29.0 Å². The zero-order chi connectivity index (χ0) is 24.8. The molecule has 3 aromatic rings. The number of aliphatic carboxylic acids is 1. The van der Waals surface area contributed by atoms with Gasteiger partial charge in [0.1, 0.15) is 12.6 Å². The molecule has 2 amide bonds. The number of amides is 2. The van der Waals surface area contributed by atoms with Crippen molar-refractivity contribution in [1.29, 1.82) is 0 Å². The summed E-state index contributed by atoms with van der Waals surface area (Å²) in [5, 5.41) is 23.2. The minimum atomic E-state index is -1.32. The predicted molar refractivity (Wildman–Crippen MR) is 130 cm³/mol. The van der Waals surface area contributed by atoms with E-state index < -0.39 is 30.4 Å². The maximum Gasteiger partial charge on any atom is 0.407 e. The summed E-state index contributed by atoms with van der Waals surface area (Å²) in [5.74, 6) is -2.06. The highest BCUT2D eigenvalue weighted by Gasteiger charge is 2.30. The number of aliphatic hydroxyl groups excluding tert-OH is 1. The quantitative estimate of drug-likeness (QED) is 0.376. The number of carboxylic acids is 1. The van der Waals surface area contributed by atoms with Crippen LogP contribution in [-0.4, -0.2) is 47.4 Å². The van der Waals surface area contributed by atoms with Crippen LogP contribution in [0, 0.1) is 0 Å². The topological polar surface area (TPSA) is 125 Å². The highest BCUT2D eigenvalue weighted by atomic mass is 16.5. The molecule has 1 aliphatic carbocycles. The molecule has 0 aliphatic heterocycles. The Morgan fingerprint density at radius 2 is 1.49 bits per heavy atom. The molecule has 4 N–H and O–H groups in total. The smallest absolute Gasteiger partial charge is 0.407 e. The number of ether oxygens (including phenoxy) is 1. The third-order valence-electron chi connectivity index (χ3n) is 5.95. The number of aliphatic hydroxyl groups is 1. The normalized spacial score (nSPS) is 12.8. The first kappa shape index (κ1) is 24.0. The lowest BCUT2D eigenvalue weighted by Gasteiger charge is -2.19. The van der Waals surface area contributed by atoms with Gasteiger partial charge in [0.25, 0.3) is 0 Å². The number of anilines is 1. The Hall–Kier alpha value is -4.17. The van der Waals surface area contributed by atoms with E-state index in [4.69, 9.17) is 9.84 Å². The van der Waals surface area contributed by atoms with Gasteiger partial charge in [0.2, 0.25) is 5.91 Å². The Kier molecular flexibility index (Phi) is 7.42. The van der Waals surface area contributed by atoms with Gasteiger partial charge in [-0.25, -0.2) is 4.79 Å². The molecule has 0 aromatic heterocycles. The van der Waals surface area contributed by atoms with Crippen molar-refractivity contribution < 1.29 is 29.3 Å². The summed E-state index contributed by atoms with van der Waals surface area (Å²) >= 11 is 0. The van der Waals surface area contributed by atoms with Crippen LogP contribution >= 0.6 is 0 Å². The number of carboxylic acid groups (broad SMARTS) is 1. The Bertz CT molecular complexity index is 1180. The van der Waals surface area contributed by atoms with E-state index in [-0.39, 0.29) is 19.1 Å². The van der Waals surface area contributed by atoms with Gasteiger partial charge in [0.05, 0.1) is 6.42 Å². The lowest BCUT2D eigenvalue weighted by molar-refractivity contribution is -0.139. The Balaban J connectivity index is 1.40. The van der Waals surface area contributed by atoms with E-state index in [9.17, 15) is 19.5 Å². The number of hydrogen-bond donors (Lipinski definition) is 4. The van der Waals surface area contributed by atoms with Crippen molar-refractivity contribution in [2.75, 3.05) is 18.5 Å². The van der Waals surface area contributed by atoms with Crippen molar-refractivity contribution in [2.45, 2.75) is 24.8 Å². The van der Waals surface area contributed by atoms with Crippen LogP contribution in [0.3, 0.4) is 0 Å². The third kappa shape index (κ3) is 5.67. The maximum absolute atomic E-state index is 12.7. The number of alkyl carbamates (subject to hydrolysis) is 1. The molecule has 1 atom stereocenters. The molecule has 8 nitrogen and oxygen atoms in total. The van der Waals surface area contributed by atoms with Crippen LogP contribution in [0.4, 0.5) is 10.5 Å². The number of fused-ring (bicyclic) bond motifs is 3. The minimum Gasteiger partial charge on any atom is -0.481 e. The summed E-state index contributed by atoms with van der Waals surface area (Å²) in [6, 6.07) is 21.3. The molecule has 1 unspecified atom stereocenters. The Labute approximate surface area is 202 Å². The molecule has 1 aliphatic rings. The largest absolute Gasteiger partial charge is 0.481 e. The molecular weight excluding hydrogens is 448 g/mol. The molecule has 8 heteroatoms. The molecule has 0 saturated heterocycles. The minimum absolute atomic E-state index is 0.0104. The van der Waals surface area contributed by atoms with Crippen molar-refractivity contribution in [3.63, 3.8) is 0 Å². The highest BCUT2D eigenvalue weighted by Crippen LogP contribution is 2.44. The fourth-order valence-electron chi connectivity index (χ4n) is 4.28. The van der Waals surface area contributed by atoms with Gasteiger partial charge in [-0.05, 0) is 46.4 Å². The van der Waals surface area contributed by atoms with Gasteiger partial charge >= 0.3 is 12.1 Å². The van der Waals surface area contributed by atoms with E-state index in [1.54, 1.807) is 24.3 Å². The van der Waals surface area contributed by atoms with Crippen LogP contribution in [0.5, 0.6) is 0 Å². The summed E-state index contributed by atoms with van der Waals surface area (Å²) in [6.45, 7) is 0.0596. The molecule has 4 rings (SSSR count). The van der Waals surface area contributed by atoms with E-state index in [1.165, 1.54) is 0 Å². The average molecular weight is 475 g/mol. The first-order valence-corrected chi connectivity index (χ1v) is 11.3. The number of benzene rings is 3. The van der Waals surface area contributed by atoms with E-state index in [0.717, 1.165) is 27.8 Å². The van der Waals surface area contributed by atoms with Gasteiger partial charge < -0.3 is 25.6 Å². The molecule has 0 bridgehead atoms. The summed E-state index contributed by atoms with van der Waals surface area (Å²) < 4.78 is 5.45. The monoisotopic (exact) mass is 474 g/mol. The molecule has 35 heavy (non-hydrogen) atoms. The van der Waals surface area contributed by atoms with Gasteiger partial charge in [0, 0.05) is 18.2 Å². The summed E-state index contributed by atoms with van der Waals surface area (Å²) in [7, 11) is 0. The van der Waals surface area contributed by atoms with Crippen molar-refractivity contribution in [2.24, 2.45) is 0 Å². The van der Waals surface area contributed by atoms with Gasteiger partial charge in [-0.1, -0.05) is 60.7 Å². The number of nitrogens with one attached hydrogen (secondary N) is 2. The molecule has 0 saturated carbocycles. The second-order valence-electron chi connectivity index (χ2n) is 8.28. The zero-order valence-electron chi connectivity index (χ0n) is 18.9. The number of carbonyl (C=O) groups excluding carboxylic acids is 2. The third-order valence-corrected chi connectivity index (χ3v) is 5.95. The molecule has 180 valence electrons. The van der Waals surface area contributed by atoms with E-state index in [2.05, 4.69) is 10.6 Å². The van der Waals surface area contributed by atoms with Crippen molar-refractivity contribution in [3.05, 3.63) is 89.5 Å². The Morgan fingerprint density at radius 3 is 2.06 bits per heavy atom. The lowest BCUT2D eigenvalue weighted by Crippen LogP contribution is -2.45. The second-order valence-corrected chi connectivity index (χ2v) is 8.28. The molecule has 0 radical (unpaired) electrons. The predicted octanol–water partition coefficient (Wildman–Crippen LogP) is 3.54. The molecular formula is C27H26N2O6. The zero-order valence-corrected chi connectivity index (χ0v) is 18.9. The van der Waals surface area contributed by atoms with Gasteiger partial charge in [-0.2, -0.15) is 0 Å². The van der Waals surface area contributed by atoms with E-state index in [0.29, 0.717) is 12.1 Å². The number of rotatable bonds is 9. The van der Waals surface area contributed by atoms with Crippen LogP contribution in [0.15, 0.2) is 72.8 Å². The number of carbonyl (C=O) groups is 3.